The van der Waals surface area contributed by atoms with Crippen molar-refractivity contribution < 1.29 is 18.7 Å². The summed E-state index contributed by atoms with van der Waals surface area (Å²) in [6, 6.07) is 17.1. The van der Waals surface area contributed by atoms with E-state index in [2.05, 4.69) is 5.32 Å². The predicted molar refractivity (Wildman–Crippen MR) is 105 cm³/mol. The summed E-state index contributed by atoms with van der Waals surface area (Å²) in [7, 11) is 0. The summed E-state index contributed by atoms with van der Waals surface area (Å²) < 4.78 is 10.4. The van der Waals surface area contributed by atoms with Crippen molar-refractivity contribution in [2.75, 3.05) is 6.61 Å². The molecule has 1 atom stereocenters. The average molecular weight is 379 g/mol. The summed E-state index contributed by atoms with van der Waals surface area (Å²) in [5, 5.41) is 3.25. The van der Waals surface area contributed by atoms with E-state index in [1.807, 2.05) is 37.3 Å². The van der Waals surface area contributed by atoms with Crippen molar-refractivity contribution in [1.29, 1.82) is 0 Å². The second-order valence-corrected chi connectivity index (χ2v) is 6.37. The second-order valence-electron chi connectivity index (χ2n) is 6.37. The zero-order valence-electron chi connectivity index (χ0n) is 15.5. The van der Waals surface area contributed by atoms with Crippen LogP contribution in [0.4, 0.5) is 0 Å². The predicted octanol–water partition coefficient (Wildman–Crippen LogP) is 3.61. The van der Waals surface area contributed by atoms with Gasteiger partial charge in [0.1, 0.15) is 5.58 Å². The van der Waals surface area contributed by atoms with Gasteiger partial charge in [-0.25, -0.2) is 4.79 Å². The molecular formula is C22H21NO5. The van der Waals surface area contributed by atoms with Gasteiger partial charge in [-0.15, -0.1) is 0 Å². The van der Waals surface area contributed by atoms with Crippen molar-refractivity contribution in [3.63, 3.8) is 0 Å². The molecule has 0 fully saturated rings. The maximum absolute atomic E-state index is 12.2. The molecule has 1 heterocycles. The van der Waals surface area contributed by atoms with Gasteiger partial charge in [0.05, 0.1) is 11.4 Å². The largest absolute Gasteiger partial charge is 0.450 e. The number of para-hydroxylation sites is 1. The third-order valence-corrected chi connectivity index (χ3v) is 4.28. The third-order valence-electron chi connectivity index (χ3n) is 4.28. The molecule has 0 bridgehead atoms. The smallest absolute Gasteiger partial charge is 0.374 e. The summed E-state index contributed by atoms with van der Waals surface area (Å²) in [6.45, 7) is 1.58. The van der Waals surface area contributed by atoms with Gasteiger partial charge in [-0.05, 0) is 24.1 Å². The molecule has 1 amide bonds. The van der Waals surface area contributed by atoms with Crippen LogP contribution < -0.4 is 10.7 Å². The van der Waals surface area contributed by atoms with E-state index in [4.69, 9.17) is 9.15 Å². The molecule has 2 aromatic carbocycles. The number of hydrogen-bond donors (Lipinski definition) is 1. The molecule has 0 saturated heterocycles. The standard InChI is InChI=1S/C22H21NO5/c1-2-8-17(15-9-4-3-5-10-15)23-21(25)14-27-22(26)20-13-18(24)16-11-6-7-12-19(16)28-20/h3-7,9-13,17H,2,8,14H2,1H3,(H,23,25)/t17-/m0/s1. The Morgan fingerprint density at radius 3 is 2.54 bits per heavy atom. The first-order valence-corrected chi connectivity index (χ1v) is 9.13. The zero-order valence-corrected chi connectivity index (χ0v) is 15.5. The molecule has 1 N–H and O–H groups in total. The number of carbonyl (C=O) groups is 2. The Balaban J connectivity index is 1.64. The Kier molecular flexibility index (Phi) is 6.22. The third kappa shape index (κ3) is 4.65. The first-order chi connectivity index (χ1) is 13.6. The Bertz CT molecular complexity index is 1030. The Morgan fingerprint density at radius 2 is 1.79 bits per heavy atom. The van der Waals surface area contributed by atoms with E-state index in [-0.39, 0.29) is 17.2 Å². The Hall–Kier alpha value is -3.41. The second kappa shape index (κ2) is 8.99. The first-order valence-electron chi connectivity index (χ1n) is 9.13. The van der Waals surface area contributed by atoms with E-state index in [9.17, 15) is 14.4 Å². The zero-order chi connectivity index (χ0) is 19.9. The van der Waals surface area contributed by atoms with Crippen LogP contribution in [0.15, 0.2) is 69.9 Å². The van der Waals surface area contributed by atoms with E-state index in [0.29, 0.717) is 11.0 Å². The van der Waals surface area contributed by atoms with Gasteiger partial charge in [-0.3, -0.25) is 9.59 Å². The van der Waals surface area contributed by atoms with Crippen LogP contribution in [-0.2, 0) is 9.53 Å². The minimum atomic E-state index is -0.857. The maximum Gasteiger partial charge on any atom is 0.374 e. The highest BCUT2D eigenvalue weighted by molar-refractivity contribution is 5.90. The molecule has 28 heavy (non-hydrogen) atoms. The van der Waals surface area contributed by atoms with Crippen LogP contribution in [0, 0.1) is 0 Å². The van der Waals surface area contributed by atoms with E-state index >= 15 is 0 Å². The normalized spacial score (nSPS) is 11.8. The number of fused-ring (bicyclic) bond motifs is 1. The number of carbonyl (C=O) groups excluding carboxylic acids is 2. The van der Waals surface area contributed by atoms with Crippen LogP contribution in [0.25, 0.3) is 11.0 Å². The average Bonchev–Trinajstić information content (AvgIpc) is 2.72. The number of ether oxygens (including phenoxy) is 1. The molecule has 6 nitrogen and oxygen atoms in total. The lowest BCUT2D eigenvalue weighted by atomic mass is 10.0. The molecule has 0 radical (unpaired) electrons. The van der Waals surface area contributed by atoms with Crippen molar-refractivity contribution in [3.8, 4) is 0 Å². The lowest BCUT2D eigenvalue weighted by molar-refractivity contribution is -0.125. The molecule has 144 valence electrons. The van der Waals surface area contributed by atoms with Gasteiger partial charge < -0.3 is 14.5 Å². The summed E-state index contributed by atoms with van der Waals surface area (Å²) in [5.74, 6) is -1.51. The van der Waals surface area contributed by atoms with Crippen molar-refractivity contribution in [3.05, 3.63) is 82.2 Å². The van der Waals surface area contributed by atoms with Gasteiger partial charge in [0.15, 0.2) is 12.0 Å². The van der Waals surface area contributed by atoms with E-state index in [1.54, 1.807) is 24.3 Å². The minimum absolute atomic E-state index is 0.156. The summed E-state index contributed by atoms with van der Waals surface area (Å²) in [5.41, 5.74) is 0.938. The molecule has 0 aliphatic rings. The van der Waals surface area contributed by atoms with Gasteiger partial charge in [0.25, 0.3) is 5.91 Å². The van der Waals surface area contributed by atoms with Crippen LogP contribution >= 0.6 is 0 Å². The highest BCUT2D eigenvalue weighted by Gasteiger charge is 2.18. The summed E-state index contributed by atoms with van der Waals surface area (Å²) >= 11 is 0. The summed E-state index contributed by atoms with van der Waals surface area (Å²) in [4.78, 5) is 36.5. The van der Waals surface area contributed by atoms with Crippen LogP contribution in [0.3, 0.4) is 0 Å². The molecule has 3 rings (SSSR count). The van der Waals surface area contributed by atoms with Gasteiger partial charge in [0.2, 0.25) is 5.76 Å². The fourth-order valence-electron chi connectivity index (χ4n) is 2.94. The molecule has 3 aromatic rings. The highest BCUT2D eigenvalue weighted by Crippen LogP contribution is 2.18. The van der Waals surface area contributed by atoms with Crippen LogP contribution in [0.2, 0.25) is 0 Å². The topological polar surface area (TPSA) is 85.6 Å². The van der Waals surface area contributed by atoms with Crippen LogP contribution in [0.5, 0.6) is 0 Å². The molecule has 6 heteroatoms. The number of esters is 1. The number of benzene rings is 2. The Labute approximate surface area is 162 Å². The number of amides is 1. The van der Waals surface area contributed by atoms with E-state index < -0.39 is 18.5 Å². The van der Waals surface area contributed by atoms with Gasteiger partial charge in [-0.1, -0.05) is 55.8 Å². The quantitative estimate of drug-likeness (QED) is 0.634. The van der Waals surface area contributed by atoms with Crippen molar-refractivity contribution >= 4 is 22.8 Å². The summed E-state index contributed by atoms with van der Waals surface area (Å²) in [6.07, 6.45) is 1.66. The van der Waals surface area contributed by atoms with E-state index in [0.717, 1.165) is 24.5 Å². The molecule has 0 saturated carbocycles. The van der Waals surface area contributed by atoms with Gasteiger partial charge in [0, 0.05) is 6.07 Å². The SMILES string of the molecule is CCC[C@H](NC(=O)COC(=O)c1cc(=O)c2ccccc2o1)c1ccccc1. The fourth-order valence-corrected chi connectivity index (χ4v) is 2.94. The lowest BCUT2D eigenvalue weighted by Crippen LogP contribution is -2.32. The van der Waals surface area contributed by atoms with Crippen LogP contribution in [0.1, 0.15) is 41.9 Å². The number of nitrogens with one attached hydrogen (secondary N) is 1. The maximum atomic E-state index is 12.2. The van der Waals surface area contributed by atoms with Crippen molar-refractivity contribution in [1.82, 2.24) is 5.32 Å². The first kappa shape index (κ1) is 19.4. The molecule has 0 aliphatic heterocycles. The fraction of sp³-hybridized carbons (Fsp3) is 0.227. The van der Waals surface area contributed by atoms with Crippen molar-refractivity contribution in [2.24, 2.45) is 0 Å². The van der Waals surface area contributed by atoms with Gasteiger partial charge >= 0.3 is 5.97 Å². The number of hydrogen-bond acceptors (Lipinski definition) is 5. The monoisotopic (exact) mass is 379 g/mol. The molecule has 0 spiro atoms. The molecule has 1 aromatic heterocycles. The number of rotatable bonds is 7. The minimum Gasteiger partial charge on any atom is -0.450 e. The van der Waals surface area contributed by atoms with Crippen molar-refractivity contribution in [2.45, 2.75) is 25.8 Å². The lowest BCUT2D eigenvalue weighted by Gasteiger charge is -2.18. The highest BCUT2D eigenvalue weighted by atomic mass is 16.5. The molecule has 0 aliphatic carbocycles. The van der Waals surface area contributed by atoms with Gasteiger partial charge in [-0.2, -0.15) is 0 Å². The van der Waals surface area contributed by atoms with E-state index in [1.165, 1.54) is 0 Å². The molecule has 0 unspecified atom stereocenters. The van der Waals surface area contributed by atoms with Crippen LogP contribution in [-0.4, -0.2) is 18.5 Å². The Morgan fingerprint density at radius 1 is 1.07 bits per heavy atom. The molecular weight excluding hydrogens is 358 g/mol.